The molecule has 10 aromatic rings. The lowest BCUT2D eigenvalue weighted by atomic mass is 9.82. The molecular formula is C62H50N2. The van der Waals surface area contributed by atoms with Gasteiger partial charge in [-0.1, -0.05) is 161 Å². The summed E-state index contributed by atoms with van der Waals surface area (Å²) in [6, 6.07) is 72.6. The van der Waals surface area contributed by atoms with Gasteiger partial charge in [-0.15, -0.1) is 0 Å². The third kappa shape index (κ3) is 5.51. The second kappa shape index (κ2) is 14.0. The molecule has 0 bridgehead atoms. The lowest BCUT2D eigenvalue weighted by molar-refractivity contribution is 0.660. The van der Waals surface area contributed by atoms with E-state index in [4.69, 9.17) is 0 Å². The van der Waals surface area contributed by atoms with Crippen molar-refractivity contribution < 1.29 is 0 Å². The first kappa shape index (κ1) is 38.3. The average Bonchev–Trinajstić information content (AvgIpc) is 3.68. The molecule has 0 saturated heterocycles. The summed E-state index contributed by atoms with van der Waals surface area (Å²) >= 11 is 0. The molecule has 0 aliphatic heterocycles. The molecule has 308 valence electrons. The maximum Gasteiger partial charge on any atom is 0.0546 e. The monoisotopic (exact) mass is 822 g/mol. The molecule has 0 unspecified atom stereocenters. The van der Waals surface area contributed by atoms with Gasteiger partial charge in [0.2, 0.25) is 0 Å². The Morgan fingerprint density at radius 2 is 0.625 bits per heavy atom. The highest BCUT2D eigenvalue weighted by Crippen LogP contribution is 2.55. The molecule has 2 aliphatic rings. The quantitative estimate of drug-likeness (QED) is 0.154. The number of aryl methyl sites for hydroxylation is 2. The summed E-state index contributed by atoms with van der Waals surface area (Å²) in [6.45, 7) is 14.1. The van der Waals surface area contributed by atoms with Gasteiger partial charge in [0.1, 0.15) is 0 Å². The van der Waals surface area contributed by atoms with Crippen LogP contribution in [0.5, 0.6) is 0 Å². The largest absolute Gasteiger partial charge is 0.310 e. The predicted molar refractivity (Wildman–Crippen MR) is 273 cm³/mol. The molecule has 10 aromatic carbocycles. The van der Waals surface area contributed by atoms with Crippen LogP contribution in [0.25, 0.3) is 54.6 Å². The van der Waals surface area contributed by atoms with Crippen molar-refractivity contribution in [1.82, 2.24) is 0 Å². The van der Waals surface area contributed by atoms with Crippen molar-refractivity contribution in [3.05, 3.63) is 228 Å². The molecule has 0 N–H and O–H groups in total. The van der Waals surface area contributed by atoms with Gasteiger partial charge in [-0.3, -0.25) is 0 Å². The normalized spacial score (nSPS) is 14.0. The fourth-order valence-electron chi connectivity index (χ4n) is 11.4. The number of anilines is 6. The van der Waals surface area contributed by atoms with Crippen LogP contribution < -0.4 is 9.80 Å². The first-order valence-electron chi connectivity index (χ1n) is 22.7. The Kier molecular flexibility index (Phi) is 8.40. The Morgan fingerprint density at radius 1 is 0.281 bits per heavy atom. The van der Waals surface area contributed by atoms with Gasteiger partial charge in [0, 0.05) is 44.4 Å². The van der Waals surface area contributed by atoms with Crippen LogP contribution in [0.4, 0.5) is 34.1 Å². The molecule has 0 amide bonds. The molecule has 0 heterocycles. The molecule has 0 spiro atoms. The summed E-state index contributed by atoms with van der Waals surface area (Å²) < 4.78 is 0. The van der Waals surface area contributed by atoms with Gasteiger partial charge >= 0.3 is 0 Å². The molecule has 2 nitrogen and oxygen atoms in total. The highest BCUT2D eigenvalue weighted by Gasteiger charge is 2.38. The fourth-order valence-corrected chi connectivity index (χ4v) is 11.4. The third-order valence-corrected chi connectivity index (χ3v) is 14.6. The van der Waals surface area contributed by atoms with E-state index >= 15 is 0 Å². The van der Waals surface area contributed by atoms with Crippen LogP contribution in [0.2, 0.25) is 0 Å². The van der Waals surface area contributed by atoms with E-state index in [-0.39, 0.29) is 10.8 Å². The maximum absolute atomic E-state index is 2.52. The van der Waals surface area contributed by atoms with Crippen LogP contribution in [0.3, 0.4) is 0 Å². The summed E-state index contributed by atoms with van der Waals surface area (Å²) in [4.78, 5) is 5.03. The standard InChI is InChI=1S/C62H50N2/c1-39-33-51-45-27-17-19-31-53(45)61(3,4)55(51)37-57(39)63(41-21-9-7-10-22-41)59-35-49-44-26-14-16-30-48(44)60(36-50(49)43-25-13-15-29-47(43)59)64(42-23-11-8-12-24-42)58-38-56-52(34-40(58)2)46-28-18-20-32-54(46)62(56,5)6/h7-38H,1-6H3. The van der Waals surface area contributed by atoms with E-state index in [9.17, 15) is 0 Å². The summed E-state index contributed by atoms with van der Waals surface area (Å²) in [6.07, 6.45) is 0. The molecule has 0 aromatic heterocycles. The van der Waals surface area contributed by atoms with E-state index < -0.39 is 0 Å². The van der Waals surface area contributed by atoms with Crippen LogP contribution >= 0.6 is 0 Å². The van der Waals surface area contributed by atoms with E-state index in [0.717, 1.165) is 11.4 Å². The number of hydrogen-bond acceptors (Lipinski definition) is 2. The SMILES string of the molecule is Cc1cc2c(cc1N(c1ccccc1)c1cc3c4ccccc4c(N(c4ccccc4)c4cc5c(cc4C)-c4ccccc4C5(C)C)cc3c3ccccc13)C(C)(C)c1ccccc1-2. The van der Waals surface area contributed by atoms with Crippen molar-refractivity contribution in [2.75, 3.05) is 9.80 Å². The predicted octanol–water partition coefficient (Wildman–Crippen LogP) is 17.3. The lowest BCUT2D eigenvalue weighted by Crippen LogP contribution is -2.17. The molecule has 0 fully saturated rings. The zero-order chi connectivity index (χ0) is 43.5. The number of rotatable bonds is 6. The first-order chi connectivity index (χ1) is 31.1. The van der Waals surface area contributed by atoms with E-state index in [1.54, 1.807) is 0 Å². The zero-order valence-corrected chi connectivity index (χ0v) is 37.4. The third-order valence-electron chi connectivity index (χ3n) is 14.6. The van der Waals surface area contributed by atoms with Crippen LogP contribution in [-0.4, -0.2) is 0 Å². The summed E-state index contributed by atoms with van der Waals surface area (Å²) in [5.74, 6) is 0. The Balaban J connectivity index is 1.12. The van der Waals surface area contributed by atoms with Gasteiger partial charge in [0.05, 0.1) is 11.4 Å². The number of fused-ring (bicyclic) bond motifs is 11. The summed E-state index contributed by atoms with van der Waals surface area (Å²) in [7, 11) is 0. The Hall–Kier alpha value is -7.42. The highest BCUT2D eigenvalue weighted by atomic mass is 15.2. The van der Waals surface area contributed by atoms with Gasteiger partial charge < -0.3 is 9.80 Å². The van der Waals surface area contributed by atoms with Crippen molar-refractivity contribution in [3.8, 4) is 22.3 Å². The van der Waals surface area contributed by atoms with Crippen LogP contribution in [-0.2, 0) is 10.8 Å². The van der Waals surface area contributed by atoms with Crippen LogP contribution in [0.15, 0.2) is 194 Å². The van der Waals surface area contributed by atoms with Crippen molar-refractivity contribution in [2.24, 2.45) is 0 Å². The van der Waals surface area contributed by atoms with Gasteiger partial charge in [-0.05, 0) is 152 Å². The van der Waals surface area contributed by atoms with E-state index in [1.807, 2.05) is 0 Å². The topological polar surface area (TPSA) is 6.48 Å². The minimum atomic E-state index is -0.129. The Bertz CT molecular complexity index is 3290. The van der Waals surface area contributed by atoms with Crippen LogP contribution in [0.1, 0.15) is 61.1 Å². The molecular weight excluding hydrogens is 773 g/mol. The lowest BCUT2D eigenvalue weighted by Gasteiger charge is -2.32. The van der Waals surface area contributed by atoms with Crippen molar-refractivity contribution in [1.29, 1.82) is 0 Å². The molecule has 64 heavy (non-hydrogen) atoms. The second-order valence-corrected chi connectivity index (χ2v) is 19.0. The van der Waals surface area contributed by atoms with Crippen molar-refractivity contribution in [2.45, 2.75) is 52.4 Å². The molecule has 0 radical (unpaired) electrons. The average molecular weight is 823 g/mol. The van der Waals surface area contributed by atoms with Gasteiger partial charge in [0.25, 0.3) is 0 Å². The minimum Gasteiger partial charge on any atom is -0.310 e. The Morgan fingerprint density at radius 3 is 1.03 bits per heavy atom. The molecule has 2 aliphatic carbocycles. The number of para-hydroxylation sites is 2. The number of nitrogens with zero attached hydrogens (tertiary/aromatic N) is 2. The van der Waals surface area contributed by atoms with E-state index in [2.05, 4.69) is 245 Å². The molecule has 0 atom stereocenters. The van der Waals surface area contributed by atoms with E-state index in [1.165, 1.54) is 111 Å². The van der Waals surface area contributed by atoms with Crippen molar-refractivity contribution in [3.63, 3.8) is 0 Å². The maximum atomic E-state index is 2.52. The zero-order valence-electron chi connectivity index (χ0n) is 37.4. The van der Waals surface area contributed by atoms with Crippen molar-refractivity contribution >= 4 is 66.4 Å². The smallest absolute Gasteiger partial charge is 0.0546 e. The Labute approximate surface area is 376 Å². The second-order valence-electron chi connectivity index (χ2n) is 19.0. The van der Waals surface area contributed by atoms with Gasteiger partial charge in [-0.2, -0.15) is 0 Å². The minimum absolute atomic E-state index is 0.129. The molecule has 12 rings (SSSR count). The number of hydrogen-bond donors (Lipinski definition) is 0. The summed E-state index contributed by atoms with van der Waals surface area (Å²) in [5.41, 5.74) is 20.1. The van der Waals surface area contributed by atoms with E-state index in [0.29, 0.717) is 0 Å². The van der Waals surface area contributed by atoms with Gasteiger partial charge in [-0.25, -0.2) is 0 Å². The van der Waals surface area contributed by atoms with Crippen LogP contribution in [0, 0.1) is 13.8 Å². The molecule has 0 saturated carbocycles. The highest BCUT2D eigenvalue weighted by molar-refractivity contribution is 6.24. The fraction of sp³-hybridized carbons (Fsp3) is 0.129. The van der Waals surface area contributed by atoms with Gasteiger partial charge in [0.15, 0.2) is 0 Å². The number of benzene rings is 10. The first-order valence-corrected chi connectivity index (χ1v) is 22.7. The summed E-state index contributed by atoms with van der Waals surface area (Å²) in [5, 5.41) is 7.34. The molecule has 2 heteroatoms.